The number of benzene rings is 1. The van der Waals surface area contributed by atoms with Gasteiger partial charge in [-0.05, 0) is 42.9 Å². The first-order valence-corrected chi connectivity index (χ1v) is 10.0. The maximum atomic E-state index is 12.0. The number of amides is 2. The van der Waals surface area contributed by atoms with E-state index in [-0.39, 0.29) is 11.8 Å². The Morgan fingerprint density at radius 3 is 2.59 bits per heavy atom. The lowest BCUT2D eigenvalue weighted by Crippen LogP contribution is -2.25. The zero-order chi connectivity index (χ0) is 16.5. The summed E-state index contributed by atoms with van der Waals surface area (Å²) in [5.74, 6) is 1.13. The molecule has 0 fully saturated rings. The van der Waals surface area contributed by atoms with Crippen molar-refractivity contribution in [2.24, 2.45) is 5.92 Å². The molecule has 1 aromatic carbocycles. The second-order valence-corrected chi connectivity index (χ2v) is 8.10. The van der Waals surface area contributed by atoms with E-state index in [0.717, 1.165) is 17.0 Å². The van der Waals surface area contributed by atoms with Gasteiger partial charge in [0, 0.05) is 30.0 Å². The quantitative estimate of drug-likeness (QED) is 0.559. The normalized spacial score (nSPS) is 10.6. The van der Waals surface area contributed by atoms with Gasteiger partial charge in [0.25, 0.3) is 5.91 Å². The van der Waals surface area contributed by atoms with Gasteiger partial charge in [-0.15, -0.1) is 0 Å². The SMILES string of the molecule is CSSCCNC(=O)c1ccc(NC(=O)CC(C)C)c(C)c1. The fourth-order valence-electron chi connectivity index (χ4n) is 1.91. The molecule has 0 saturated heterocycles. The molecular formula is C16H24N2O2S2. The summed E-state index contributed by atoms with van der Waals surface area (Å²) in [6.07, 6.45) is 2.51. The monoisotopic (exact) mass is 340 g/mol. The van der Waals surface area contributed by atoms with Crippen molar-refractivity contribution in [2.45, 2.75) is 27.2 Å². The summed E-state index contributed by atoms with van der Waals surface area (Å²) in [7, 11) is 3.41. The van der Waals surface area contributed by atoms with Gasteiger partial charge in [-0.1, -0.05) is 35.4 Å². The lowest BCUT2D eigenvalue weighted by Gasteiger charge is -2.11. The number of aryl methyl sites for hydroxylation is 1. The average Bonchev–Trinajstić information content (AvgIpc) is 2.44. The first kappa shape index (κ1) is 18.9. The Hall–Kier alpha value is -1.14. The van der Waals surface area contributed by atoms with Gasteiger partial charge in [0.2, 0.25) is 5.91 Å². The summed E-state index contributed by atoms with van der Waals surface area (Å²) in [5, 5.41) is 5.78. The molecule has 0 aliphatic heterocycles. The molecule has 0 aliphatic carbocycles. The lowest BCUT2D eigenvalue weighted by molar-refractivity contribution is -0.116. The minimum Gasteiger partial charge on any atom is -0.351 e. The molecule has 1 aromatic rings. The first-order valence-electron chi connectivity index (χ1n) is 7.28. The van der Waals surface area contributed by atoms with Gasteiger partial charge >= 0.3 is 0 Å². The minimum atomic E-state index is -0.0788. The Labute approximate surface area is 140 Å². The molecule has 122 valence electrons. The van der Waals surface area contributed by atoms with Crippen LogP contribution >= 0.6 is 21.6 Å². The lowest BCUT2D eigenvalue weighted by atomic mass is 10.1. The number of hydrogen-bond donors (Lipinski definition) is 2. The second kappa shape index (κ2) is 9.79. The average molecular weight is 341 g/mol. The summed E-state index contributed by atoms with van der Waals surface area (Å²) >= 11 is 0. The molecule has 4 nitrogen and oxygen atoms in total. The Morgan fingerprint density at radius 2 is 2.00 bits per heavy atom. The Balaban J connectivity index is 2.61. The Kier molecular flexibility index (Phi) is 8.42. The van der Waals surface area contributed by atoms with Crippen LogP contribution in [0.5, 0.6) is 0 Å². The van der Waals surface area contributed by atoms with E-state index < -0.39 is 0 Å². The molecule has 0 heterocycles. The molecule has 6 heteroatoms. The van der Waals surface area contributed by atoms with Crippen LogP contribution in [-0.2, 0) is 4.79 Å². The number of nitrogens with one attached hydrogen (secondary N) is 2. The maximum absolute atomic E-state index is 12.0. The van der Waals surface area contributed by atoms with Gasteiger partial charge in [-0.2, -0.15) is 0 Å². The van der Waals surface area contributed by atoms with E-state index in [0.29, 0.717) is 24.4 Å². The third kappa shape index (κ3) is 6.75. The molecule has 0 radical (unpaired) electrons. The number of hydrogen-bond acceptors (Lipinski definition) is 4. The van der Waals surface area contributed by atoms with Crippen LogP contribution in [0.25, 0.3) is 0 Å². The van der Waals surface area contributed by atoms with Crippen molar-refractivity contribution in [3.05, 3.63) is 29.3 Å². The predicted octanol–water partition coefficient (Wildman–Crippen LogP) is 3.72. The minimum absolute atomic E-state index is 0.00407. The molecule has 1 rings (SSSR count). The van der Waals surface area contributed by atoms with Gasteiger partial charge < -0.3 is 10.6 Å². The third-order valence-corrected chi connectivity index (χ3v) is 4.76. The molecule has 0 atom stereocenters. The van der Waals surface area contributed by atoms with Gasteiger partial charge in [-0.25, -0.2) is 0 Å². The van der Waals surface area contributed by atoms with E-state index >= 15 is 0 Å². The van der Waals surface area contributed by atoms with Crippen molar-refractivity contribution >= 4 is 39.1 Å². The van der Waals surface area contributed by atoms with E-state index in [1.54, 1.807) is 33.7 Å². The number of anilines is 1. The number of rotatable bonds is 8. The molecule has 0 bridgehead atoms. The van der Waals surface area contributed by atoms with Crippen LogP contribution in [0.4, 0.5) is 5.69 Å². The highest BCUT2D eigenvalue weighted by molar-refractivity contribution is 8.76. The van der Waals surface area contributed by atoms with E-state index in [9.17, 15) is 9.59 Å². The summed E-state index contributed by atoms with van der Waals surface area (Å²) in [4.78, 5) is 23.8. The van der Waals surface area contributed by atoms with Crippen molar-refractivity contribution in [2.75, 3.05) is 23.9 Å². The summed E-state index contributed by atoms with van der Waals surface area (Å²) in [5.41, 5.74) is 2.27. The van der Waals surface area contributed by atoms with Gasteiger partial charge in [-0.3, -0.25) is 9.59 Å². The van der Waals surface area contributed by atoms with Crippen molar-refractivity contribution in [3.63, 3.8) is 0 Å². The van der Waals surface area contributed by atoms with Crippen molar-refractivity contribution < 1.29 is 9.59 Å². The van der Waals surface area contributed by atoms with E-state index in [1.807, 2.05) is 33.1 Å². The zero-order valence-corrected chi connectivity index (χ0v) is 15.2. The smallest absolute Gasteiger partial charge is 0.251 e. The van der Waals surface area contributed by atoms with Crippen molar-refractivity contribution in [1.29, 1.82) is 0 Å². The van der Waals surface area contributed by atoms with Crippen LogP contribution in [0, 0.1) is 12.8 Å². The van der Waals surface area contributed by atoms with Crippen LogP contribution in [0.3, 0.4) is 0 Å². The summed E-state index contributed by atoms with van der Waals surface area (Å²) in [6, 6.07) is 5.34. The molecule has 0 saturated carbocycles. The van der Waals surface area contributed by atoms with Gasteiger partial charge in [0.15, 0.2) is 0 Å². The molecular weight excluding hydrogens is 316 g/mol. The third-order valence-electron chi connectivity index (χ3n) is 2.95. The molecule has 2 N–H and O–H groups in total. The van der Waals surface area contributed by atoms with Crippen LogP contribution in [0.15, 0.2) is 18.2 Å². The fraction of sp³-hybridized carbons (Fsp3) is 0.500. The second-order valence-electron chi connectivity index (χ2n) is 5.42. The van der Waals surface area contributed by atoms with Crippen LogP contribution in [0.2, 0.25) is 0 Å². The highest BCUT2D eigenvalue weighted by atomic mass is 33.1. The van der Waals surface area contributed by atoms with Crippen LogP contribution in [-0.4, -0.2) is 30.4 Å². The molecule has 0 aromatic heterocycles. The van der Waals surface area contributed by atoms with Crippen molar-refractivity contribution in [3.8, 4) is 0 Å². The molecule has 2 amide bonds. The zero-order valence-electron chi connectivity index (χ0n) is 13.6. The van der Waals surface area contributed by atoms with E-state index in [2.05, 4.69) is 10.6 Å². The van der Waals surface area contributed by atoms with E-state index in [4.69, 9.17) is 0 Å². The summed E-state index contributed by atoms with van der Waals surface area (Å²) in [6.45, 7) is 6.56. The Morgan fingerprint density at radius 1 is 1.27 bits per heavy atom. The van der Waals surface area contributed by atoms with Gasteiger partial charge in [0.1, 0.15) is 0 Å². The number of carbonyl (C=O) groups is 2. The van der Waals surface area contributed by atoms with Gasteiger partial charge in [0.05, 0.1) is 0 Å². The van der Waals surface area contributed by atoms with Crippen LogP contribution in [0.1, 0.15) is 36.2 Å². The van der Waals surface area contributed by atoms with Crippen LogP contribution < -0.4 is 10.6 Å². The predicted molar refractivity (Wildman–Crippen MR) is 97.6 cm³/mol. The summed E-state index contributed by atoms with van der Waals surface area (Å²) < 4.78 is 0. The first-order chi connectivity index (χ1) is 10.4. The Bertz CT molecular complexity index is 519. The maximum Gasteiger partial charge on any atom is 0.251 e. The highest BCUT2D eigenvalue weighted by Gasteiger charge is 2.10. The van der Waals surface area contributed by atoms with E-state index in [1.165, 1.54) is 0 Å². The largest absolute Gasteiger partial charge is 0.351 e. The number of carbonyl (C=O) groups excluding carboxylic acids is 2. The van der Waals surface area contributed by atoms with Crippen molar-refractivity contribution in [1.82, 2.24) is 5.32 Å². The standard InChI is InChI=1S/C16H24N2O2S2/c1-11(2)9-15(19)18-14-6-5-13(10-12(14)3)16(20)17-7-8-22-21-4/h5-6,10-11H,7-9H2,1-4H3,(H,17,20)(H,18,19). The molecule has 22 heavy (non-hydrogen) atoms. The molecule has 0 unspecified atom stereocenters. The molecule has 0 spiro atoms. The topological polar surface area (TPSA) is 58.2 Å². The highest BCUT2D eigenvalue weighted by Crippen LogP contribution is 2.18. The molecule has 0 aliphatic rings. The fourth-order valence-corrected chi connectivity index (χ4v) is 3.01.